The number of sulfone groups is 1. The number of carbonyl (C=O) groups is 1. The van der Waals surface area contributed by atoms with Crippen LogP contribution < -0.4 is 15.5 Å². The van der Waals surface area contributed by atoms with Crippen LogP contribution in [0.25, 0.3) is 0 Å². The Morgan fingerprint density at radius 2 is 1.72 bits per heavy atom. The first-order chi connectivity index (χ1) is 17.4. The average Bonchev–Trinajstić information content (AvgIpc) is 3.43. The Morgan fingerprint density at radius 3 is 2.31 bits per heavy atom. The molecule has 0 spiro atoms. The predicted molar refractivity (Wildman–Crippen MR) is 135 cm³/mol. The molecular weight excluding hydrogens is 504 g/mol. The first-order valence-corrected chi connectivity index (χ1v) is 13.7. The molecule has 1 aromatic heterocycles. The van der Waals surface area contributed by atoms with Crippen molar-refractivity contribution in [1.82, 2.24) is 20.8 Å². The molecular formula is C25H29ClN4O5S. The second kappa shape index (κ2) is 11.9. The number of hydroxylamine groups is 1. The molecule has 1 amide bonds. The van der Waals surface area contributed by atoms with Gasteiger partial charge in [-0.1, -0.05) is 30.9 Å². The molecule has 4 N–H and O–H groups in total. The first kappa shape index (κ1) is 26.2. The smallest absolute Gasteiger partial charge is 0.260 e. The van der Waals surface area contributed by atoms with Gasteiger partial charge in [0.15, 0.2) is 9.84 Å². The van der Waals surface area contributed by atoms with Crippen molar-refractivity contribution >= 4 is 27.3 Å². The highest BCUT2D eigenvalue weighted by Crippen LogP contribution is 2.31. The maximum atomic E-state index is 13.7. The number of nitrogens with one attached hydrogen (secondary N) is 3. The van der Waals surface area contributed by atoms with Gasteiger partial charge in [-0.05, 0) is 67.3 Å². The molecule has 1 saturated carbocycles. The van der Waals surface area contributed by atoms with Gasteiger partial charge in [0.2, 0.25) is 0 Å². The van der Waals surface area contributed by atoms with Crippen LogP contribution >= 0.6 is 11.6 Å². The fourth-order valence-electron chi connectivity index (χ4n) is 4.55. The van der Waals surface area contributed by atoms with Gasteiger partial charge in [-0.25, -0.2) is 18.9 Å². The monoisotopic (exact) mass is 532 g/mol. The first-order valence-electron chi connectivity index (χ1n) is 11.8. The van der Waals surface area contributed by atoms with E-state index in [1.165, 1.54) is 18.3 Å². The Labute approximate surface area is 215 Å². The number of halogens is 1. The number of ether oxygens (including phenoxy) is 1. The molecule has 1 unspecified atom stereocenters. The van der Waals surface area contributed by atoms with E-state index >= 15 is 0 Å². The molecule has 4 rings (SSSR count). The lowest BCUT2D eigenvalue weighted by Crippen LogP contribution is -2.50. The second-order valence-electron chi connectivity index (χ2n) is 8.80. The van der Waals surface area contributed by atoms with Gasteiger partial charge in [-0.3, -0.25) is 10.0 Å². The molecule has 1 fully saturated rings. The molecule has 36 heavy (non-hydrogen) atoms. The van der Waals surface area contributed by atoms with Gasteiger partial charge in [0.1, 0.15) is 22.6 Å². The van der Waals surface area contributed by atoms with Crippen molar-refractivity contribution in [3.8, 4) is 11.5 Å². The van der Waals surface area contributed by atoms with Crippen LogP contribution in [0.15, 0.2) is 65.8 Å². The Balaban J connectivity index is 1.53. The third-order valence-corrected chi connectivity index (χ3v) is 8.76. The zero-order valence-corrected chi connectivity index (χ0v) is 21.1. The number of hydrogen-bond donors (Lipinski definition) is 4. The predicted octanol–water partition coefficient (Wildman–Crippen LogP) is 4.41. The second-order valence-corrected chi connectivity index (χ2v) is 11.4. The van der Waals surface area contributed by atoms with Crippen LogP contribution in [0.1, 0.15) is 43.2 Å². The highest BCUT2D eigenvalue weighted by atomic mass is 35.5. The Kier molecular flexibility index (Phi) is 8.63. The highest BCUT2D eigenvalue weighted by molar-refractivity contribution is 7.91. The quantitative estimate of drug-likeness (QED) is 0.224. The molecule has 192 valence electrons. The standard InChI is InChI=1S/C25H29ClN4O5S/c26-18-6-8-19(9-7-18)35-20-10-12-21(13-11-20)36(33,34)22(24-27-14-15-28-24)16-29-23(25(31)30-32)17-4-2-1-3-5-17/h6-15,17,22-23,29,32H,1-5,16H2,(H,27,28)(H,30,31)/t22?,23-/m1/s1. The van der Waals surface area contributed by atoms with E-state index in [9.17, 15) is 18.4 Å². The largest absolute Gasteiger partial charge is 0.457 e. The number of nitrogens with zero attached hydrogens (tertiary/aromatic N) is 1. The molecule has 3 aromatic rings. The molecule has 11 heteroatoms. The number of carbonyl (C=O) groups excluding carboxylic acids is 1. The molecule has 0 saturated heterocycles. The number of hydrogen-bond acceptors (Lipinski definition) is 7. The van der Waals surface area contributed by atoms with Gasteiger partial charge >= 0.3 is 0 Å². The summed E-state index contributed by atoms with van der Waals surface area (Å²) >= 11 is 5.90. The third-order valence-electron chi connectivity index (χ3n) is 6.44. The van der Waals surface area contributed by atoms with E-state index in [4.69, 9.17) is 16.3 Å². The summed E-state index contributed by atoms with van der Waals surface area (Å²) in [5.74, 6) is 0.747. The van der Waals surface area contributed by atoms with Crippen LogP contribution in [-0.2, 0) is 14.6 Å². The molecule has 0 bridgehead atoms. The van der Waals surface area contributed by atoms with E-state index in [1.54, 1.807) is 48.1 Å². The molecule has 0 aliphatic heterocycles. The number of H-pyrrole nitrogens is 1. The van der Waals surface area contributed by atoms with Gasteiger partial charge in [0, 0.05) is 24.0 Å². The van der Waals surface area contributed by atoms with Crippen LogP contribution in [-0.4, -0.2) is 42.1 Å². The van der Waals surface area contributed by atoms with Crippen molar-refractivity contribution < 1.29 is 23.2 Å². The Bertz CT molecular complexity index is 1230. The van der Waals surface area contributed by atoms with Gasteiger partial charge in [0.05, 0.1) is 10.9 Å². The van der Waals surface area contributed by atoms with Crippen LogP contribution in [0.5, 0.6) is 11.5 Å². The normalized spacial score (nSPS) is 16.3. The van der Waals surface area contributed by atoms with E-state index in [0.29, 0.717) is 16.5 Å². The molecule has 9 nitrogen and oxygen atoms in total. The number of amides is 1. The third kappa shape index (κ3) is 6.25. The summed E-state index contributed by atoms with van der Waals surface area (Å²) in [7, 11) is -3.90. The minimum Gasteiger partial charge on any atom is -0.457 e. The van der Waals surface area contributed by atoms with Crippen LogP contribution in [0.3, 0.4) is 0 Å². The summed E-state index contributed by atoms with van der Waals surface area (Å²) in [6.07, 6.45) is 7.79. The molecule has 0 radical (unpaired) electrons. The van der Waals surface area contributed by atoms with Gasteiger partial charge in [0.25, 0.3) is 5.91 Å². The van der Waals surface area contributed by atoms with Crippen LogP contribution in [0.4, 0.5) is 0 Å². The summed E-state index contributed by atoms with van der Waals surface area (Å²) in [6, 6.07) is 12.3. The minimum atomic E-state index is -3.90. The minimum absolute atomic E-state index is 0.00940. The highest BCUT2D eigenvalue weighted by Gasteiger charge is 2.35. The van der Waals surface area contributed by atoms with E-state index < -0.39 is 27.0 Å². The molecule has 1 aliphatic rings. The Hall–Kier alpha value is -2.92. The summed E-state index contributed by atoms with van der Waals surface area (Å²) in [5.41, 5.74) is 1.72. The Morgan fingerprint density at radius 1 is 1.08 bits per heavy atom. The van der Waals surface area contributed by atoms with Crippen molar-refractivity contribution in [3.05, 3.63) is 71.8 Å². The molecule has 2 atom stereocenters. The number of aromatic amines is 1. The van der Waals surface area contributed by atoms with Gasteiger partial charge in [-0.15, -0.1) is 0 Å². The van der Waals surface area contributed by atoms with Crippen molar-refractivity contribution in [3.63, 3.8) is 0 Å². The SMILES string of the molecule is O=C(NO)[C@H](NCC(c1ncc[nH]1)S(=O)(=O)c1ccc(Oc2ccc(Cl)cc2)cc1)C1CCCCC1. The van der Waals surface area contributed by atoms with Crippen LogP contribution in [0, 0.1) is 5.92 Å². The molecule has 1 heterocycles. The lowest BCUT2D eigenvalue weighted by molar-refractivity contribution is -0.133. The van der Waals surface area contributed by atoms with E-state index in [1.807, 2.05) is 0 Å². The fourth-order valence-corrected chi connectivity index (χ4v) is 6.26. The summed E-state index contributed by atoms with van der Waals surface area (Å²) < 4.78 is 33.1. The lowest BCUT2D eigenvalue weighted by Gasteiger charge is -2.30. The average molecular weight is 533 g/mol. The summed E-state index contributed by atoms with van der Waals surface area (Å²) in [6.45, 7) is -0.0620. The van der Waals surface area contributed by atoms with Gasteiger partial charge in [-0.2, -0.15) is 0 Å². The van der Waals surface area contributed by atoms with Crippen LogP contribution in [0.2, 0.25) is 5.02 Å². The van der Waals surface area contributed by atoms with Gasteiger partial charge < -0.3 is 15.0 Å². The zero-order chi connectivity index (χ0) is 25.5. The number of imidazole rings is 1. The zero-order valence-electron chi connectivity index (χ0n) is 19.6. The number of rotatable bonds is 10. The number of aromatic nitrogens is 2. The fraction of sp³-hybridized carbons (Fsp3) is 0.360. The van der Waals surface area contributed by atoms with E-state index in [0.717, 1.165) is 32.1 Å². The van der Waals surface area contributed by atoms with Crippen molar-refractivity contribution in [2.75, 3.05) is 6.54 Å². The van der Waals surface area contributed by atoms with Crippen molar-refractivity contribution in [2.24, 2.45) is 5.92 Å². The maximum Gasteiger partial charge on any atom is 0.260 e. The van der Waals surface area contributed by atoms with E-state index in [2.05, 4.69) is 15.3 Å². The lowest BCUT2D eigenvalue weighted by atomic mass is 9.83. The number of benzene rings is 2. The van der Waals surface area contributed by atoms with Crippen molar-refractivity contribution in [2.45, 2.75) is 48.3 Å². The van der Waals surface area contributed by atoms with Crippen molar-refractivity contribution in [1.29, 1.82) is 0 Å². The maximum absolute atomic E-state index is 13.7. The van der Waals surface area contributed by atoms with E-state index in [-0.39, 0.29) is 23.2 Å². The summed E-state index contributed by atoms with van der Waals surface area (Å²) in [4.78, 5) is 19.6. The summed E-state index contributed by atoms with van der Waals surface area (Å²) in [5, 5.41) is 11.9. The molecule has 2 aromatic carbocycles. The molecule has 1 aliphatic carbocycles. The topological polar surface area (TPSA) is 133 Å².